The van der Waals surface area contributed by atoms with Crippen LogP contribution in [0, 0.1) is 13.8 Å². The molecule has 0 saturated carbocycles. The number of benzene rings is 1. The van der Waals surface area contributed by atoms with Gasteiger partial charge in [0, 0.05) is 36.1 Å². The highest BCUT2D eigenvalue weighted by molar-refractivity contribution is 5.64. The van der Waals surface area contributed by atoms with Gasteiger partial charge in [-0.25, -0.2) is 0 Å². The Morgan fingerprint density at radius 3 is 2.81 bits per heavy atom. The lowest BCUT2D eigenvalue weighted by molar-refractivity contribution is 0.568. The molecule has 0 aliphatic carbocycles. The second kappa shape index (κ2) is 5.40. The second-order valence-electron chi connectivity index (χ2n) is 5.01. The van der Waals surface area contributed by atoms with Crippen LogP contribution in [0.15, 0.2) is 35.2 Å². The number of aryl methyl sites for hydroxylation is 2. The summed E-state index contributed by atoms with van der Waals surface area (Å²) in [7, 11) is 1.94. The van der Waals surface area contributed by atoms with Gasteiger partial charge in [-0.15, -0.1) is 10.2 Å². The Labute approximate surface area is 122 Å². The van der Waals surface area contributed by atoms with Gasteiger partial charge in [0.1, 0.15) is 0 Å². The van der Waals surface area contributed by atoms with Crippen LogP contribution in [0.5, 0.6) is 0 Å². The maximum Gasteiger partial charge on any atom is 0.247 e. The van der Waals surface area contributed by atoms with E-state index in [9.17, 15) is 0 Å². The Balaban J connectivity index is 1.82. The lowest BCUT2D eigenvalue weighted by atomic mass is 10.1. The molecule has 6 nitrogen and oxygen atoms in total. The Morgan fingerprint density at radius 2 is 2.14 bits per heavy atom. The topological polar surface area (TPSA) is 68.8 Å². The summed E-state index contributed by atoms with van der Waals surface area (Å²) in [6, 6.07) is 6.04. The molecule has 0 aliphatic heterocycles. The molecule has 0 fully saturated rings. The van der Waals surface area contributed by atoms with Crippen molar-refractivity contribution in [2.24, 2.45) is 7.05 Å². The largest absolute Gasteiger partial charge is 0.423 e. The Kier molecular flexibility index (Phi) is 3.43. The highest BCUT2D eigenvalue weighted by Gasteiger charge is 2.08. The first-order valence-corrected chi connectivity index (χ1v) is 6.73. The minimum absolute atomic E-state index is 0.524. The van der Waals surface area contributed by atoms with E-state index in [0.717, 1.165) is 23.5 Å². The molecule has 3 aromatic rings. The Hall–Kier alpha value is -2.63. The molecule has 0 radical (unpaired) electrons. The van der Waals surface area contributed by atoms with E-state index in [1.54, 1.807) is 0 Å². The van der Waals surface area contributed by atoms with Gasteiger partial charge in [0.15, 0.2) is 0 Å². The normalized spacial score (nSPS) is 10.8. The van der Waals surface area contributed by atoms with E-state index in [-0.39, 0.29) is 0 Å². The molecule has 0 spiro atoms. The van der Waals surface area contributed by atoms with Crippen molar-refractivity contribution < 1.29 is 4.42 Å². The summed E-state index contributed by atoms with van der Waals surface area (Å²) in [5, 5.41) is 15.3. The van der Waals surface area contributed by atoms with E-state index < -0.39 is 0 Å². The van der Waals surface area contributed by atoms with Crippen molar-refractivity contribution in [2.75, 3.05) is 5.32 Å². The van der Waals surface area contributed by atoms with Crippen molar-refractivity contribution in [3.8, 4) is 11.5 Å². The standard InChI is InChI=1S/C15H17N5O/c1-10-4-5-12(15-19-17-9-21-15)6-14(10)16-7-13-8-18-20(3)11(13)2/h4-6,8-9,16H,7H2,1-3H3. The summed E-state index contributed by atoms with van der Waals surface area (Å²) in [5.74, 6) is 0.524. The van der Waals surface area contributed by atoms with Gasteiger partial charge < -0.3 is 9.73 Å². The molecule has 0 amide bonds. The molecular weight excluding hydrogens is 266 g/mol. The number of hydrogen-bond donors (Lipinski definition) is 1. The predicted octanol–water partition coefficient (Wildman–Crippen LogP) is 2.70. The van der Waals surface area contributed by atoms with Gasteiger partial charge in [0.2, 0.25) is 12.3 Å². The SMILES string of the molecule is Cc1ccc(-c2nnco2)cc1NCc1cnn(C)c1C. The smallest absolute Gasteiger partial charge is 0.247 e. The first-order chi connectivity index (χ1) is 10.1. The number of rotatable bonds is 4. The van der Waals surface area contributed by atoms with E-state index >= 15 is 0 Å². The van der Waals surface area contributed by atoms with Crippen LogP contribution in [0.25, 0.3) is 11.5 Å². The molecule has 2 heterocycles. The molecule has 2 aromatic heterocycles. The van der Waals surface area contributed by atoms with Crippen molar-refractivity contribution in [1.29, 1.82) is 0 Å². The van der Waals surface area contributed by atoms with Gasteiger partial charge in [-0.3, -0.25) is 4.68 Å². The molecule has 0 atom stereocenters. The van der Waals surface area contributed by atoms with Crippen LogP contribution in [0.3, 0.4) is 0 Å². The average molecular weight is 283 g/mol. The van der Waals surface area contributed by atoms with E-state index in [2.05, 4.69) is 34.5 Å². The highest BCUT2D eigenvalue weighted by atomic mass is 16.4. The summed E-state index contributed by atoms with van der Waals surface area (Å²) in [5.41, 5.74) is 5.46. The van der Waals surface area contributed by atoms with Crippen LogP contribution in [0.1, 0.15) is 16.8 Å². The average Bonchev–Trinajstić information content (AvgIpc) is 3.11. The maximum atomic E-state index is 5.24. The molecule has 6 heteroatoms. The first-order valence-electron chi connectivity index (χ1n) is 6.73. The zero-order valence-electron chi connectivity index (χ0n) is 12.3. The van der Waals surface area contributed by atoms with E-state index in [4.69, 9.17) is 4.42 Å². The van der Waals surface area contributed by atoms with Crippen molar-refractivity contribution >= 4 is 5.69 Å². The van der Waals surface area contributed by atoms with Crippen LogP contribution in [-0.2, 0) is 13.6 Å². The van der Waals surface area contributed by atoms with Crippen molar-refractivity contribution in [3.05, 3.63) is 47.6 Å². The molecule has 108 valence electrons. The van der Waals surface area contributed by atoms with Gasteiger partial charge >= 0.3 is 0 Å². The van der Waals surface area contributed by atoms with Crippen LogP contribution in [-0.4, -0.2) is 20.0 Å². The van der Waals surface area contributed by atoms with Gasteiger partial charge in [-0.2, -0.15) is 5.10 Å². The van der Waals surface area contributed by atoms with Gasteiger partial charge in [-0.05, 0) is 31.5 Å². The number of nitrogens with one attached hydrogen (secondary N) is 1. The fraction of sp³-hybridized carbons (Fsp3) is 0.267. The lowest BCUT2D eigenvalue weighted by Crippen LogP contribution is -2.03. The van der Waals surface area contributed by atoms with E-state index in [1.165, 1.54) is 17.5 Å². The van der Waals surface area contributed by atoms with Crippen LogP contribution in [0.4, 0.5) is 5.69 Å². The predicted molar refractivity (Wildman–Crippen MR) is 79.7 cm³/mol. The third-order valence-corrected chi connectivity index (χ3v) is 3.65. The Morgan fingerprint density at radius 1 is 1.29 bits per heavy atom. The third-order valence-electron chi connectivity index (χ3n) is 3.65. The van der Waals surface area contributed by atoms with Crippen molar-refractivity contribution in [1.82, 2.24) is 20.0 Å². The quantitative estimate of drug-likeness (QED) is 0.797. The summed E-state index contributed by atoms with van der Waals surface area (Å²) in [4.78, 5) is 0. The van der Waals surface area contributed by atoms with Crippen LogP contribution < -0.4 is 5.32 Å². The molecule has 21 heavy (non-hydrogen) atoms. The van der Waals surface area contributed by atoms with Crippen LogP contribution >= 0.6 is 0 Å². The van der Waals surface area contributed by atoms with Gasteiger partial charge in [-0.1, -0.05) is 6.07 Å². The second-order valence-corrected chi connectivity index (χ2v) is 5.01. The fourth-order valence-electron chi connectivity index (χ4n) is 2.15. The molecular formula is C15H17N5O. The minimum Gasteiger partial charge on any atom is -0.423 e. The number of aromatic nitrogens is 4. The molecule has 0 bridgehead atoms. The molecule has 0 unspecified atom stereocenters. The summed E-state index contributed by atoms with van der Waals surface area (Å²) >= 11 is 0. The summed E-state index contributed by atoms with van der Waals surface area (Å²) in [6.07, 6.45) is 3.22. The Bertz CT molecular complexity index is 746. The molecule has 1 N–H and O–H groups in total. The van der Waals surface area contributed by atoms with Gasteiger partial charge in [0.25, 0.3) is 0 Å². The molecule has 0 aliphatic rings. The van der Waals surface area contributed by atoms with Gasteiger partial charge in [0.05, 0.1) is 6.20 Å². The maximum absolute atomic E-state index is 5.24. The zero-order valence-corrected chi connectivity index (χ0v) is 12.3. The van der Waals surface area contributed by atoms with Crippen LogP contribution in [0.2, 0.25) is 0 Å². The lowest BCUT2D eigenvalue weighted by Gasteiger charge is -2.10. The monoisotopic (exact) mass is 283 g/mol. The molecule has 1 aromatic carbocycles. The van der Waals surface area contributed by atoms with E-state index in [0.29, 0.717) is 5.89 Å². The summed E-state index contributed by atoms with van der Waals surface area (Å²) in [6.45, 7) is 4.86. The highest BCUT2D eigenvalue weighted by Crippen LogP contribution is 2.24. The van der Waals surface area contributed by atoms with Crippen molar-refractivity contribution in [3.63, 3.8) is 0 Å². The number of hydrogen-bond acceptors (Lipinski definition) is 5. The first kappa shape index (κ1) is 13.4. The molecule has 0 saturated heterocycles. The van der Waals surface area contributed by atoms with Crippen molar-refractivity contribution in [2.45, 2.75) is 20.4 Å². The number of anilines is 1. The number of nitrogens with zero attached hydrogens (tertiary/aromatic N) is 4. The fourth-order valence-corrected chi connectivity index (χ4v) is 2.15. The minimum atomic E-state index is 0.524. The zero-order chi connectivity index (χ0) is 14.8. The summed E-state index contributed by atoms with van der Waals surface area (Å²) < 4.78 is 7.11. The molecule has 3 rings (SSSR count). The van der Waals surface area contributed by atoms with E-state index in [1.807, 2.05) is 36.1 Å². The third kappa shape index (κ3) is 2.65.